The second-order valence-corrected chi connectivity index (χ2v) is 4.49. The highest BCUT2D eigenvalue weighted by atomic mass is 16.1. The third-order valence-corrected chi connectivity index (χ3v) is 2.75. The fourth-order valence-electron chi connectivity index (χ4n) is 1.53. The van der Waals surface area contributed by atoms with Gasteiger partial charge in [0, 0.05) is 19.5 Å². The topological polar surface area (TPSA) is 20.3 Å². The molecular weight excluding hydrogens is 198 g/mol. The quantitative estimate of drug-likeness (QED) is 0.732. The number of ketones is 1. The molecule has 0 aliphatic rings. The number of carbonyl (C=O) groups is 1. The summed E-state index contributed by atoms with van der Waals surface area (Å²) < 4.78 is 0. The number of likely N-dealkylation sites (N-methyl/N-ethyl adjacent to an activating group) is 1. The van der Waals surface area contributed by atoms with Crippen molar-refractivity contribution in [2.75, 3.05) is 20.1 Å². The van der Waals surface area contributed by atoms with Crippen LogP contribution < -0.4 is 0 Å². The van der Waals surface area contributed by atoms with Crippen LogP contribution in [0.4, 0.5) is 0 Å². The number of aryl methyl sites for hydroxylation is 1. The molecular formula is C14H21NO. The lowest BCUT2D eigenvalue weighted by atomic mass is 10.1. The SMILES string of the molecule is CC(=O)CCN(C)CCc1ccc(C)cc1. The molecule has 0 saturated carbocycles. The van der Waals surface area contributed by atoms with E-state index in [4.69, 9.17) is 0 Å². The van der Waals surface area contributed by atoms with Crippen LogP contribution in [0.15, 0.2) is 24.3 Å². The first-order valence-corrected chi connectivity index (χ1v) is 5.81. The van der Waals surface area contributed by atoms with E-state index in [2.05, 4.69) is 43.1 Å². The van der Waals surface area contributed by atoms with Gasteiger partial charge in [-0.05, 0) is 32.9 Å². The molecule has 1 aromatic carbocycles. The zero-order valence-corrected chi connectivity index (χ0v) is 10.5. The van der Waals surface area contributed by atoms with E-state index < -0.39 is 0 Å². The average Bonchev–Trinajstić information content (AvgIpc) is 2.25. The molecule has 0 saturated heterocycles. The summed E-state index contributed by atoms with van der Waals surface area (Å²) >= 11 is 0. The molecule has 0 amide bonds. The average molecular weight is 219 g/mol. The van der Waals surface area contributed by atoms with Crippen molar-refractivity contribution in [2.24, 2.45) is 0 Å². The van der Waals surface area contributed by atoms with Crippen LogP contribution in [0, 0.1) is 6.92 Å². The molecule has 0 spiro atoms. The largest absolute Gasteiger partial charge is 0.306 e. The molecule has 0 atom stereocenters. The lowest BCUT2D eigenvalue weighted by Gasteiger charge is -2.15. The lowest BCUT2D eigenvalue weighted by Crippen LogP contribution is -2.23. The van der Waals surface area contributed by atoms with Crippen molar-refractivity contribution in [1.29, 1.82) is 0 Å². The van der Waals surface area contributed by atoms with E-state index >= 15 is 0 Å². The van der Waals surface area contributed by atoms with Crippen molar-refractivity contribution in [1.82, 2.24) is 4.90 Å². The van der Waals surface area contributed by atoms with Gasteiger partial charge in [-0.1, -0.05) is 29.8 Å². The van der Waals surface area contributed by atoms with Gasteiger partial charge in [-0.2, -0.15) is 0 Å². The van der Waals surface area contributed by atoms with Crippen LogP contribution in [0.5, 0.6) is 0 Å². The Hall–Kier alpha value is -1.15. The first kappa shape index (κ1) is 12.9. The summed E-state index contributed by atoms with van der Waals surface area (Å²) in [6.07, 6.45) is 1.71. The second-order valence-electron chi connectivity index (χ2n) is 4.49. The molecule has 2 nitrogen and oxygen atoms in total. The van der Waals surface area contributed by atoms with E-state index in [9.17, 15) is 4.79 Å². The molecule has 0 heterocycles. The zero-order chi connectivity index (χ0) is 12.0. The van der Waals surface area contributed by atoms with Crippen LogP contribution in [-0.2, 0) is 11.2 Å². The van der Waals surface area contributed by atoms with Crippen molar-refractivity contribution in [2.45, 2.75) is 26.7 Å². The minimum atomic E-state index is 0.266. The van der Waals surface area contributed by atoms with Crippen molar-refractivity contribution < 1.29 is 4.79 Å². The number of hydrogen-bond acceptors (Lipinski definition) is 2. The number of benzene rings is 1. The molecule has 0 radical (unpaired) electrons. The number of rotatable bonds is 6. The summed E-state index contributed by atoms with van der Waals surface area (Å²) in [5.41, 5.74) is 2.66. The summed E-state index contributed by atoms with van der Waals surface area (Å²) in [7, 11) is 2.07. The van der Waals surface area contributed by atoms with Gasteiger partial charge in [0.15, 0.2) is 0 Å². The molecule has 0 aliphatic heterocycles. The third kappa shape index (κ3) is 5.08. The standard InChI is InChI=1S/C14H21NO/c1-12-4-6-14(7-5-12)9-11-15(3)10-8-13(2)16/h4-7H,8-11H2,1-3H3. The first-order chi connectivity index (χ1) is 7.58. The molecule has 0 aromatic heterocycles. The van der Waals surface area contributed by atoms with Gasteiger partial charge in [0.2, 0.25) is 0 Å². The molecule has 0 bridgehead atoms. The Balaban J connectivity index is 2.28. The van der Waals surface area contributed by atoms with Crippen LogP contribution in [0.1, 0.15) is 24.5 Å². The van der Waals surface area contributed by atoms with Crippen molar-refractivity contribution >= 4 is 5.78 Å². The molecule has 16 heavy (non-hydrogen) atoms. The van der Waals surface area contributed by atoms with Gasteiger partial charge in [0.25, 0.3) is 0 Å². The van der Waals surface area contributed by atoms with E-state index in [0.29, 0.717) is 6.42 Å². The smallest absolute Gasteiger partial charge is 0.131 e. The van der Waals surface area contributed by atoms with Crippen LogP contribution in [0.2, 0.25) is 0 Å². The summed E-state index contributed by atoms with van der Waals surface area (Å²) in [6.45, 7) is 5.62. The Bertz CT molecular complexity index is 329. The van der Waals surface area contributed by atoms with Crippen LogP contribution in [0.3, 0.4) is 0 Å². The Morgan fingerprint density at radius 3 is 2.38 bits per heavy atom. The fraction of sp³-hybridized carbons (Fsp3) is 0.500. The number of nitrogens with zero attached hydrogens (tertiary/aromatic N) is 1. The number of Topliss-reactive ketones (excluding diaryl/α,β-unsaturated/α-hetero) is 1. The maximum atomic E-state index is 10.8. The number of carbonyl (C=O) groups excluding carboxylic acids is 1. The molecule has 88 valence electrons. The van der Waals surface area contributed by atoms with Gasteiger partial charge < -0.3 is 4.90 Å². The van der Waals surface area contributed by atoms with Gasteiger partial charge >= 0.3 is 0 Å². The molecule has 0 aliphatic carbocycles. The zero-order valence-electron chi connectivity index (χ0n) is 10.5. The van der Waals surface area contributed by atoms with Gasteiger partial charge in [-0.3, -0.25) is 4.79 Å². The predicted octanol–water partition coefficient (Wildman–Crippen LogP) is 2.45. The fourth-order valence-corrected chi connectivity index (χ4v) is 1.53. The molecule has 0 fully saturated rings. The number of hydrogen-bond donors (Lipinski definition) is 0. The highest BCUT2D eigenvalue weighted by molar-refractivity contribution is 5.75. The van der Waals surface area contributed by atoms with Crippen LogP contribution >= 0.6 is 0 Å². The van der Waals surface area contributed by atoms with E-state index in [1.807, 2.05) is 0 Å². The normalized spacial score (nSPS) is 10.8. The van der Waals surface area contributed by atoms with E-state index in [-0.39, 0.29) is 5.78 Å². The Morgan fingerprint density at radius 2 is 1.81 bits per heavy atom. The van der Waals surface area contributed by atoms with Crippen molar-refractivity contribution in [3.05, 3.63) is 35.4 Å². The minimum absolute atomic E-state index is 0.266. The monoisotopic (exact) mass is 219 g/mol. The maximum Gasteiger partial charge on any atom is 0.131 e. The van der Waals surface area contributed by atoms with Crippen LogP contribution in [-0.4, -0.2) is 30.8 Å². The van der Waals surface area contributed by atoms with Gasteiger partial charge in [-0.25, -0.2) is 0 Å². The summed E-state index contributed by atoms with van der Waals surface area (Å²) in [6, 6.07) is 8.64. The summed E-state index contributed by atoms with van der Waals surface area (Å²) in [5, 5.41) is 0. The summed E-state index contributed by atoms with van der Waals surface area (Å²) in [5.74, 6) is 0.266. The van der Waals surface area contributed by atoms with Gasteiger partial charge in [0.1, 0.15) is 5.78 Å². The predicted molar refractivity (Wildman–Crippen MR) is 67.7 cm³/mol. The first-order valence-electron chi connectivity index (χ1n) is 5.81. The van der Waals surface area contributed by atoms with Crippen molar-refractivity contribution in [3.63, 3.8) is 0 Å². The Morgan fingerprint density at radius 1 is 1.19 bits per heavy atom. The lowest BCUT2D eigenvalue weighted by molar-refractivity contribution is -0.117. The van der Waals surface area contributed by atoms with E-state index in [1.54, 1.807) is 6.92 Å². The van der Waals surface area contributed by atoms with Crippen molar-refractivity contribution in [3.8, 4) is 0 Å². The highest BCUT2D eigenvalue weighted by Gasteiger charge is 2.01. The molecule has 0 N–H and O–H groups in total. The molecule has 0 unspecified atom stereocenters. The molecule has 1 rings (SSSR count). The molecule has 1 aromatic rings. The van der Waals surface area contributed by atoms with E-state index in [1.165, 1.54) is 11.1 Å². The maximum absolute atomic E-state index is 10.8. The van der Waals surface area contributed by atoms with Gasteiger partial charge in [0.05, 0.1) is 0 Å². The molecule has 2 heteroatoms. The highest BCUT2D eigenvalue weighted by Crippen LogP contribution is 2.04. The second kappa shape index (κ2) is 6.44. The minimum Gasteiger partial charge on any atom is -0.306 e. The Kier molecular flexibility index (Phi) is 5.20. The van der Waals surface area contributed by atoms with Gasteiger partial charge in [-0.15, -0.1) is 0 Å². The Labute approximate surface area is 98.3 Å². The van der Waals surface area contributed by atoms with E-state index in [0.717, 1.165) is 19.5 Å². The third-order valence-electron chi connectivity index (χ3n) is 2.75. The van der Waals surface area contributed by atoms with Crippen LogP contribution in [0.25, 0.3) is 0 Å². The summed E-state index contributed by atoms with van der Waals surface area (Å²) in [4.78, 5) is 13.0.